The first-order chi connectivity index (χ1) is 14.9. The van der Waals surface area contributed by atoms with Gasteiger partial charge in [-0.1, -0.05) is 60.7 Å². The first kappa shape index (κ1) is 20.5. The summed E-state index contributed by atoms with van der Waals surface area (Å²) in [6, 6.07) is 18.7. The highest BCUT2D eigenvalue weighted by Crippen LogP contribution is 2.27. The van der Waals surface area contributed by atoms with Crippen LogP contribution in [0.1, 0.15) is 24.1 Å². The van der Waals surface area contributed by atoms with Gasteiger partial charge in [0.1, 0.15) is 6.54 Å². The molecule has 1 N–H and O–H groups in total. The molecular weight excluding hydrogens is 392 g/mol. The van der Waals surface area contributed by atoms with Crippen LogP contribution in [-0.2, 0) is 16.1 Å². The Morgan fingerprint density at radius 3 is 2.26 bits per heavy atom. The molecule has 2 aliphatic rings. The Balaban J connectivity index is 1.71. The van der Waals surface area contributed by atoms with Crippen molar-refractivity contribution < 1.29 is 19.0 Å². The van der Waals surface area contributed by atoms with Crippen LogP contribution in [0.4, 0.5) is 4.79 Å². The van der Waals surface area contributed by atoms with Crippen LogP contribution in [0.5, 0.6) is 0 Å². The summed E-state index contributed by atoms with van der Waals surface area (Å²) in [6.07, 6.45) is 1.66. The van der Waals surface area contributed by atoms with E-state index in [-0.39, 0.29) is 17.9 Å². The van der Waals surface area contributed by atoms with Crippen LogP contribution in [0.3, 0.4) is 0 Å². The molecule has 1 saturated heterocycles. The van der Waals surface area contributed by atoms with Gasteiger partial charge in [0, 0.05) is 7.05 Å². The Bertz CT molecular complexity index is 1090. The SMILES string of the molecule is CC(NC(=O)C1=CC2C(=O)N(C)C(=O)N(C)C2=[N+]1Cc1ccccc1)c1ccccc1. The molecule has 2 heterocycles. The number of hydrogen-bond donors (Lipinski definition) is 1. The fourth-order valence-electron chi connectivity index (χ4n) is 4.04. The normalized spacial score (nSPS) is 19.3. The number of carbonyl (C=O) groups excluding carboxylic acids is 3. The van der Waals surface area contributed by atoms with Crippen LogP contribution >= 0.6 is 0 Å². The van der Waals surface area contributed by atoms with Gasteiger partial charge in [-0.25, -0.2) is 14.3 Å². The largest absolute Gasteiger partial charge is 0.417 e. The molecule has 158 valence electrons. The summed E-state index contributed by atoms with van der Waals surface area (Å²) in [4.78, 5) is 41.2. The number of urea groups is 1. The summed E-state index contributed by atoms with van der Waals surface area (Å²) < 4.78 is 1.77. The van der Waals surface area contributed by atoms with Crippen LogP contribution in [0.2, 0.25) is 0 Å². The third-order valence-corrected chi connectivity index (χ3v) is 5.75. The van der Waals surface area contributed by atoms with Crippen molar-refractivity contribution in [2.75, 3.05) is 14.1 Å². The van der Waals surface area contributed by atoms with E-state index in [4.69, 9.17) is 0 Å². The second-order valence-corrected chi connectivity index (χ2v) is 7.80. The summed E-state index contributed by atoms with van der Waals surface area (Å²) in [6.45, 7) is 2.29. The zero-order valence-corrected chi connectivity index (χ0v) is 17.8. The number of imide groups is 1. The first-order valence-corrected chi connectivity index (χ1v) is 10.2. The van der Waals surface area contributed by atoms with Crippen molar-refractivity contribution in [3.8, 4) is 0 Å². The quantitative estimate of drug-likeness (QED) is 0.760. The number of fused-ring (bicyclic) bond motifs is 1. The molecule has 0 radical (unpaired) electrons. The van der Waals surface area contributed by atoms with Crippen LogP contribution in [0.25, 0.3) is 0 Å². The van der Waals surface area contributed by atoms with E-state index in [0.29, 0.717) is 18.1 Å². The van der Waals surface area contributed by atoms with E-state index in [0.717, 1.165) is 16.0 Å². The summed E-state index contributed by atoms with van der Waals surface area (Å²) >= 11 is 0. The predicted octanol–water partition coefficient (Wildman–Crippen LogP) is 2.51. The minimum absolute atomic E-state index is 0.210. The third-order valence-electron chi connectivity index (χ3n) is 5.75. The van der Waals surface area contributed by atoms with Gasteiger partial charge in [-0.15, -0.1) is 0 Å². The van der Waals surface area contributed by atoms with E-state index in [2.05, 4.69) is 5.32 Å². The zero-order chi connectivity index (χ0) is 22.1. The van der Waals surface area contributed by atoms with Crippen LogP contribution < -0.4 is 5.32 Å². The van der Waals surface area contributed by atoms with Crippen LogP contribution in [0.15, 0.2) is 72.4 Å². The van der Waals surface area contributed by atoms with E-state index < -0.39 is 11.9 Å². The molecule has 0 aliphatic carbocycles. The number of benzene rings is 2. The number of amides is 4. The van der Waals surface area contributed by atoms with Crippen molar-refractivity contribution in [2.45, 2.75) is 19.5 Å². The molecule has 0 bridgehead atoms. The van der Waals surface area contributed by atoms with Gasteiger partial charge in [0.25, 0.3) is 17.6 Å². The minimum Gasteiger partial charge on any atom is -0.342 e. The average molecular weight is 417 g/mol. The Labute approximate surface area is 181 Å². The summed E-state index contributed by atoms with van der Waals surface area (Å²) in [7, 11) is 3.09. The molecular formula is C24H25N4O3+. The Morgan fingerprint density at radius 2 is 1.61 bits per heavy atom. The Kier molecular flexibility index (Phi) is 5.42. The molecule has 2 unspecified atom stereocenters. The molecule has 2 aromatic carbocycles. The van der Waals surface area contributed by atoms with Gasteiger partial charge in [0.2, 0.25) is 0 Å². The number of hydrogen-bond acceptors (Lipinski definition) is 3. The van der Waals surface area contributed by atoms with Crippen molar-refractivity contribution in [1.82, 2.24) is 15.1 Å². The molecule has 0 aromatic heterocycles. The molecule has 1 fully saturated rings. The molecule has 4 rings (SSSR count). The topological polar surface area (TPSA) is 72.7 Å². The summed E-state index contributed by atoms with van der Waals surface area (Å²) in [5.41, 5.74) is 2.32. The number of amidine groups is 1. The molecule has 31 heavy (non-hydrogen) atoms. The number of carbonyl (C=O) groups is 3. The van der Waals surface area contributed by atoms with E-state index in [9.17, 15) is 14.4 Å². The molecule has 2 atom stereocenters. The maximum absolute atomic E-state index is 13.3. The van der Waals surface area contributed by atoms with E-state index in [1.165, 1.54) is 11.9 Å². The summed E-state index contributed by atoms with van der Waals surface area (Å²) in [5, 5.41) is 3.03. The second kappa shape index (κ2) is 8.18. The lowest BCUT2D eigenvalue weighted by Gasteiger charge is -2.27. The standard InChI is InChI=1S/C24H24N4O3/c1-16(18-12-8-5-9-13-18)25-21(29)20-14-19-22(26(2)24(31)27(3)23(19)30)28(20)15-17-10-6-4-7-11-17/h4-14,16,19H,15H2,1-3H3/p+1. The van der Waals surface area contributed by atoms with Gasteiger partial charge in [-0.05, 0) is 24.1 Å². The highest BCUT2D eigenvalue weighted by atomic mass is 16.2. The molecule has 7 nitrogen and oxygen atoms in total. The Morgan fingerprint density at radius 1 is 1.00 bits per heavy atom. The lowest BCUT2D eigenvalue weighted by atomic mass is 10.0. The molecule has 0 saturated carbocycles. The molecule has 4 amide bonds. The zero-order valence-electron chi connectivity index (χ0n) is 17.8. The van der Waals surface area contributed by atoms with Crippen LogP contribution in [-0.4, -0.2) is 52.2 Å². The van der Waals surface area contributed by atoms with Crippen molar-refractivity contribution in [2.24, 2.45) is 5.92 Å². The Hall–Kier alpha value is -3.74. The molecule has 7 heteroatoms. The minimum atomic E-state index is -0.677. The van der Waals surface area contributed by atoms with Gasteiger partial charge in [0.15, 0.2) is 11.6 Å². The average Bonchev–Trinajstić information content (AvgIpc) is 3.17. The number of nitrogens with one attached hydrogen (secondary N) is 1. The van der Waals surface area contributed by atoms with E-state index in [1.54, 1.807) is 17.7 Å². The smallest absolute Gasteiger partial charge is 0.342 e. The van der Waals surface area contributed by atoms with Crippen LogP contribution in [0, 0.1) is 5.92 Å². The fourth-order valence-corrected chi connectivity index (χ4v) is 4.04. The maximum Gasteiger partial charge on any atom is 0.417 e. The summed E-state index contributed by atoms with van der Waals surface area (Å²) in [5.74, 6) is -0.792. The lowest BCUT2D eigenvalue weighted by Crippen LogP contribution is -2.57. The monoisotopic (exact) mass is 417 g/mol. The van der Waals surface area contributed by atoms with Gasteiger partial charge in [0.05, 0.1) is 13.1 Å². The lowest BCUT2D eigenvalue weighted by molar-refractivity contribution is -0.490. The predicted molar refractivity (Wildman–Crippen MR) is 116 cm³/mol. The third kappa shape index (κ3) is 3.74. The number of nitrogens with zero attached hydrogens (tertiary/aromatic N) is 3. The van der Waals surface area contributed by atoms with Crippen molar-refractivity contribution in [3.05, 3.63) is 83.6 Å². The fraction of sp³-hybridized carbons (Fsp3) is 0.250. The maximum atomic E-state index is 13.3. The number of rotatable bonds is 5. The van der Waals surface area contributed by atoms with Crippen molar-refractivity contribution in [1.29, 1.82) is 0 Å². The van der Waals surface area contributed by atoms with Crippen molar-refractivity contribution in [3.63, 3.8) is 0 Å². The van der Waals surface area contributed by atoms with Gasteiger partial charge < -0.3 is 5.32 Å². The highest BCUT2D eigenvalue weighted by molar-refractivity contribution is 6.19. The van der Waals surface area contributed by atoms with E-state index in [1.807, 2.05) is 67.6 Å². The second-order valence-electron chi connectivity index (χ2n) is 7.80. The van der Waals surface area contributed by atoms with Crippen molar-refractivity contribution >= 4 is 23.7 Å². The molecule has 2 aliphatic heterocycles. The molecule has 0 spiro atoms. The van der Waals surface area contributed by atoms with Gasteiger partial charge >= 0.3 is 6.03 Å². The first-order valence-electron chi connectivity index (χ1n) is 10.2. The van der Waals surface area contributed by atoms with E-state index >= 15 is 0 Å². The van der Waals surface area contributed by atoms with Gasteiger partial charge in [-0.2, -0.15) is 4.90 Å². The molecule has 2 aromatic rings. The highest BCUT2D eigenvalue weighted by Gasteiger charge is 2.51. The van der Waals surface area contributed by atoms with Gasteiger partial charge in [-0.3, -0.25) is 9.59 Å².